The third-order valence-corrected chi connectivity index (χ3v) is 5.08. The topological polar surface area (TPSA) is 38.7 Å². The lowest BCUT2D eigenvalue weighted by atomic mass is 10.1. The quantitative estimate of drug-likeness (QED) is 0.434. The predicted octanol–water partition coefficient (Wildman–Crippen LogP) is 5.06. The largest absolute Gasteiger partial charge is 0.256 e. The van der Waals surface area contributed by atoms with Crippen LogP contribution in [-0.4, -0.2) is 15.0 Å². The van der Waals surface area contributed by atoms with Crippen LogP contribution in [0.5, 0.6) is 0 Å². The van der Waals surface area contributed by atoms with E-state index in [-0.39, 0.29) is 0 Å². The van der Waals surface area contributed by atoms with Crippen molar-refractivity contribution in [3.8, 4) is 11.3 Å². The molecule has 0 unspecified atom stereocenters. The van der Waals surface area contributed by atoms with Crippen LogP contribution in [0.3, 0.4) is 0 Å². The third kappa shape index (κ3) is 1.92. The Morgan fingerprint density at radius 3 is 2.39 bits per heavy atom. The van der Waals surface area contributed by atoms with Crippen molar-refractivity contribution in [3.63, 3.8) is 0 Å². The molecule has 0 atom stereocenters. The lowest BCUT2D eigenvalue weighted by Gasteiger charge is -2.05. The lowest BCUT2D eigenvalue weighted by Crippen LogP contribution is -1.88. The van der Waals surface area contributed by atoms with Gasteiger partial charge < -0.3 is 0 Å². The van der Waals surface area contributed by atoms with Crippen LogP contribution in [0.15, 0.2) is 67.0 Å². The van der Waals surface area contributed by atoms with Crippen LogP contribution < -0.4 is 0 Å². The predicted molar refractivity (Wildman–Crippen MR) is 95.7 cm³/mol. The van der Waals surface area contributed by atoms with Crippen LogP contribution in [-0.2, 0) is 0 Å². The Bertz CT molecular complexity index is 1170. The van der Waals surface area contributed by atoms with E-state index in [4.69, 9.17) is 4.98 Å². The third-order valence-electron chi connectivity index (χ3n) is 3.98. The SMILES string of the molecule is c1cnc2c(-c3ccc4sc5cccnc5c4n3)cccc2c1. The molecule has 1 aromatic carbocycles. The fraction of sp³-hybridized carbons (Fsp3) is 0. The number of aromatic nitrogens is 3. The molecule has 0 aliphatic rings. The van der Waals surface area contributed by atoms with Gasteiger partial charge in [-0.2, -0.15) is 0 Å². The Balaban J connectivity index is 1.84. The molecular weight excluding hydrogens is 302 g/mol. The molecule has 0 bridgehead atoms. The molecule has 5 aromatic rings. The van der Waals surface area contributed by atoms with Crippen molar-refractivity contribution in [2.45, 2.75) is 0 Å². The highest BCUT2D eigenvalue weighted by Gasteiger charge is 2.11. The Morgan fingerprint density at radius 2 is 1.43 bits per heavy atom. The molecule has 0 radical (unpaired) electrons. The molecule has 3 nitrogen and oxygen atoms in total. The number of hydrogen-bond donors (Lipinski definition) is 0. The fourth-order valence-electron chi connectivity index (χ4n) is 2.93. The highest BCUT2D eigenvalue weighted by Crippen LogP contribution is 2.34. The maximum atomic E-state index is 4.89. The first-order valence-corrected chi connectivity index (χ1v) is 8.20. The van der Waals surface area contributed by atoms with Gasteiger partial charge in [-0.05, 0) is 30.3 Å². The van der Waals surface area contributed by atoms with Crippen LogP contribution in [0, 0.1) is 0 Å². The molecule has 0 amide bonds. The first kappa shape index (κ1) is 12.7. The molecule has 4 heteroatoms. The molecule has 0 aliphatic heterocycles. The van der Waals surface area contributed by atoms with Crippen molar-refractivity contribution >= 4 is 42.7 Å². The molecule has 108 valence electrons. The van der Waals surface area contributed by atoms with E-state index >= 15 is 0 Å². The minimum absolute atomic E-state index is 0.937. The first-order valence-electron chi connectivity index (χ1n) is 7.38. The number of benzene rings is 1. The van der Waals surface area contributed by atoms with Gasteiger partial charge in [-0.25, -0.2) is 4.98 Å². The van der Waals surface area contributed by atoms with Gasteiger partial charge in [-0.1, -0.05) is 24.3 Å². The number of hydrogen-bond acceptors (Lipinski definition) is 4. The standard InChI is InChI=1S/C19H11N3S/c1-4-12-5-2-10-20-17(12)13(6-1)14-8-9-16-19(22-14)18-15(23-16)7-3-11-21-18/h1-11H. The Kier molecular flexibility index (Phi) is 2.66. The van der Waals surface area contributed by atoms with E-state index in [1.54, 1.807) is 11.3 Å². The van der Waals surface area contributed by atoms with Crippen molar-refractivity contribution in [1.82, 2.24) is 15.0 Å². The van der Waals surface area contributed by atoms with Gasteiger partial charge in [0.15, 0.2) is 0 Å². The average molecular weight is 313 g/mol. The molecule has 4 heterocycles. The van der Waals surface area contributed by atoms with Gasteiger partial charge >= 0.3 is 0 Å². The van der Waals surface area contributed by atoms with E-state index in [1.165, 1.54) is 4.70 Å². The second kappa shape index (κ2) is 4.83. The zero-order chi connectivity index (χ0) is 15.2. The smallest absolute Gasteiger partial charge is 0.108 e. The van der Waals surface area contributed by atoms with Crippen molar-refractivity contribution in [2.75, 3.05) is 0 Å². The van der Waals surface area contributed by atoms with Gasteiger partial charge in [-0.15, -0.1) is 11.3 Å². The molecule has 5 rings (SSSR count). The summed E-state index contributed by atoms with van der Waals surface area (Å²) in [5.74, 6) is 0. The lowest BCUT2D eigenvalue weighted by molar-refractivity contribution is 1.37. The van der Waals surface area contributed by atoms with Crippen LogP contribution in [0.25, 0.3) is 42.6 Å². The highest BCUT2D eigenvalue weighted by atomic mass is 32.1. The second-order valence-electron chi connectivity index (χ2n) is 5.38. The van der Waals surface area contributed by atoms with Crippen LogP contribution in [0.4, 0.5) is 0 Å². The summed E-state index contributed by atoms with van der Waals surface area (Å²) in [7, 11) is 0. The molecule has 0 aliphatic carbocycles. The van der Waals surface area contributed by atoms with Gasteiger partial charge in [0.1, 0.15) is 11.0 Å². The number of fused-ring (bicyclic) bond motifs is 4. The normalized spacial score (nSPS) is 11.5. The molecule has 4 aromatic heterocycles. The summed E-state index contributed by atoms with van der Waals surface area (Å²) in [6, 6.07) is 18.5. The number of para-hydroxylation sites is 1. The molecular formula is C19H11N3S. The van der Waals surface area contributed by atoms with E-state index in [0.717, 1.165) is 37.9 Å². The molecule has 0 N–H and O–H groups in total. The van der Waals surface area contributed by atoms with Gasteiger partial charge in [0.25, 0.3) is 0 Å². The maximum Gasteiger partial charge on any atom is 0.108 e. The molecule has 23 heavy (non-hydrogen) atoms. The number of nitrogens with zero attached hydrogens (tertiary/aromatic N) is 3. The summed E-state index contributed by atoms with van der Waals surface area (Å²) in [4.78, 5) is 13.9. The summed E-state index contributed by atoms with van der Waals surface area (Å²) in [5.41, 5.74) is 4.92. The minimum Gasteiger partial charge on any atom is -0.256 e. The first-order chi connectivity index (χ1) is 11.4. The van der Waals surface area contributed by atoms with Crippen LogP contribution >= 0.6 is 11.3 Å². The fourth-order valence-corrected chi connectivity index (χ4v) is 3.93. The van der Waals surface area contributed by atoms with Gasteiger partial charge in [0, 0.05) is 23.3 Å². The summed E-state index contributed by atoms with van der Waals surface area (Å²) in [6.07, 6.45) is 3.65. The maximum absolute atomic E-state index is 4.89. The average Bonchev–Trinajstić information content (AvgIpc) is 2.99. The monoisotopic (exact) mass is 313 g/mol. The van der Waals surface area contributed by atoms with Crippen molar-refractivity contribution in [1.29, 1.82) is 0 Å². The molecule has 0 fully saturated rings. The second-order valence-corrected chi connectivity index (χ2v) is 6.46. The summed E-state index contributed by atoms with van der Waals surface area (Å²) in [5, 5.41) is 1.13. The van der Waals surface area contributed by atoms with Gasteiger partial charge in [-0.3, -0.25) is 9.97 Å². The summed E-state index contributed by atoms with van der Waals surface area (Å²) >= 11 is 1.73. The minimum atomic E-state index is 0.937. The Morgan fingerprint density at radius 1 is 0.652 bits per heavy atom. The zero-order valence-corrected chi connectivity index (χ0v) is 12.9. The van der Waals surface area contributed by atoms with Crippen LogP contribution in [0.1, 0.15) is 0 Å². The van der Waals surface area contributed by atoms with Crippen LogP contribution in [0.2, 0.25) is 0 Å². The van der Waals surface area contributed by atoms with Crippen molar-refractivity contribution in [2.24, 2.45) is 0 Å². The molecule has 0 spiro atoms. The van der Waals surface area contributed by atoms with E-state index in [0.29, 0.717) is 0 Å². The number of rotatable bonds is 1. The Hall–Kier alpha value is -2.85. The van der Waals surface area contributed by atoms with E-state index in [9.17, 15) is 0 Å². The van der Waals surface area contributed by atoms with Gasteiger partial charge in [0.05, 0.1) is 20.6 Å². The van der Waals surface area contributed by atoms with Crippen molar-refractivity contribution in [3.05, 3.63) is 67.0 Å². The molecule has 0 saturated carbocycles. The van der Waals surface area contributed by atoms with E-state index in [1.807, 2.05) is 24.5 Å². The molecule has 0 saturated heterocycles. The van der Waals surface area contributed by atoms with Gasteiger partial charge in [0.2, 0.25) is 0 Å². The number of thiophene rings is 1. The summed E-state index contributed by atoms with van der Waals surface area (Å²) < 4.78 is 2.33. The van der Waals surface area contributed by atoms with E-state index in [2.05, 4.69) is 52.4 Å². The van der Waals surface area contributed by atoms with Crippen molar-refractivity contribution < 1.29 is 0 Å². The zero-order valence-electron chi connectivity index (χ0n) is 12.1. The van der Waals surface area contributed by atoms with E-state index < -0.39 is 0 Å². The summed E-state index contributed by atoms with van der Waals surface area (Å²) in [6.45, 7) is 0. The Labute approximate surface area is 136 Å². The number of pyridine rings is 3. The highest BCUT2D eigenvalue weighted by molar-refractivity contribution is 7.25.